The van der Waals surface area contributed by atoms with E-state index >= 15 is 0 Å². The van der Waals surface area contributed by atoms with Crippen molar-refractivity contribution >= 4 is 24.0 Å². The Kier molecular flexibility index (Phi) is 4.36. The highest BCUT2D eigenvalue weighted by Gasteiger charge is 2.21. The van der Waals surface area contributed by atoms with E-state index in [0.29, 0.717) is 0 Å². The molecule has 0 bridgehead atoms. The number of fused-ring (bicyclic) bond motifs is 1. The summed E-state index contributed by atoms with van der Waals surface area (Å²) in [4.78, 5) is 4.77. The third kappa shape index (κ3) is 3.54. The van der Waals surface area contributed by atoms with Crippen LogP contribution in [0.1, 0.15) is 31.9 Å². The Labute approximate surface area is 153 Å². The maximum Gasteiger partial charge on any atom is 0.0781 e. The molecule has 0 amide bonds. The van der Waals surface area contributed by atoms with Gasteiger partial charge in [-0.15, -0.1) is 0 Å². The van der Waals surface area contributed by atoms with Crippen LogP contribution >= 0.6 is 0 Å². The van der Waals surface area contributed by atoms with Gasteiger partial charge in [0.25, 0.3) is 0 Å². The Balaban J connectivity index is 2.27. The number of aryl methyl sites for hydroxylation is 1. The van der Waals surface area contributed by atoms with Gasteiger partial charge >= 0.3 is 0 Å². The molecule has 0 spiro atoms. The number of hydrogen-bond acceptors (Lipinski definition) is 1. The van der Waals surface area contributed by atoms with E-state index in [1.165, 1.54) is 32.6 Å². The van der Waals surface area contributed by atoms with Crippen LogP contribution < -0.4 is 5.19 Å². The summed E-state index contributed by atoms with van der Waals surface area (Å²) in [5, 5.41) is 4.14. The Hall–Kier alpha value is -1.93. The first-order valence-corrected chi connectivity index (χ1v) is 12.6. The van der Waals surface area contributed by atoms with Crippen LogP contribution in [0.15, 0.2) is 48.7 Å². The van der Waals surface area contributed by atoms with Crippen molar-refractivity contribution in [1.29, 1.82) is 0 Å². The first-order chi connectivity index (χ1) is 11.6. The lowest BCUT2D eigenvalue weighted by Crippen LogP contribution is -2.39. The molecule has 1 aromatic heterocycles. The number of hydrogen-bond donors (Lipinski definition) is 0. The molecule has 0 fully saturated rings. The van der Waals surface area contributed by atoms with Gasteiger partial charge in [-0.1, -0.05) is 69.9 Å². The van der Waals surface area contributed by atoms with Crippen LogP contribution in [0.5, 0.6) is 0 Å². The van der Waals surface area contributed by atoms with Crippen molar-refractivity contribution in [2.75, 3.05) is 0 Å². The lowest BCUT2D eigenvalue weighted by Gasteiger charge is -2.23. The number of aromatic nitrogens is 1. The summed E-state index contributed by atoms with van der Waals surface area (Å²) >= 11 is 0. The van der Waals surface area contributed by atoms with Crippen molar-refractivity contribution in [3.63, 3.8) is 0 Å². The van der Waals surface area contributed by atoms with Crippen LogP contribution in [0.2, 0.25) is 19.6 Å². The minimum Gasteiger partial charge on any atom is -0.256 e. The largest absolute Gasteiger partial charge is 0.256 e. The Morgan fingerprint density at radius 1 is 0.920 bits per heavy atom. The highest BCUT2D eigenvalue weighted by molar-refractivity contribution is 6.89. The lowest BCUT2D eigenvalue weighted by atomic mass is 9.82. The molecule has 0 saturated heterocycles. The van der Waals surface area contributed by atoms with Gasteiger partial charge in [-0.2, -0.15) is 0 Å². The summed E-state index contributed by atoms with van der Waals surface area (Å²) in [6.45, 7) is 16.3. The lowest BCUT2D eigenvalue weighted by molar-refractivity contribution is 0.596. The third-order valence-corrected chi connectivity index (χ3v) is 7.03. The Morgan fingerprint density at radius 3 is 2.24 bits per heavy atom. The van der Waals surface area contributed by atoms with E-state index in [0.717, 1.165) is 5.69 Å². The molecule has 0 radical (unpaired) electrons. The van der Waals surface area contributed by atoms with Crippen LogP contribution in [0.3, 0.4) is 0 Å². The zero-order valence-electron chi connectivity index (χ0n) is 16.6. The van der Waals surface area contributed by atoms with Crippen molar-refractivity contribution in [1.82, 2.24) is 4.98 Å². The zero-order valence-corrected chi connectivity index (χ0v) is 17.6. The van der Waals surface area contributed by atoms with Gasteiger partial charge in [-0.05, 0) is 52.4 Å². The first-order valence-electron chi connectivity index (χ1n) is 9.08. The maximum atomic E-state index is 4.77. The van der Waals surface area contributed by atoms with Gasteiger partial charge in [0.05, 0.1) is 13.8 Å². The van der Waals surface area contributed by atoms with Crippen LogP contribution in [0.25, 0.3) is 22.0 Å². The summed E-state index contributed by atoms with van der Waals surface area (Å²) < 4.78 is 0. The van der Waals surface area contributed by atoms with Crippen LogP contribution in [-0.2, 0) is 5.41 Å². The van der Waals surface area contributed by atoms with Crippen LogP contribution in [-0.4, -0.2) is 13.1 Å². The molecular formula is C23H29NSi. The fourth-order valence-electron chi connectivity index (χ4n) is 3.57. The SMILES string of the molecule is Cc1cnc(-c2cc(C(C)(C)C)c3ccccc3c2)cc1[Si](C)(C)C. The van der Waals surface area contributed by atoms with Gasteiger partial charge < -0.3 is 0 Å². The third-order valence-electron chi connectivity index (χ3n) is 4.88. The van der Waals surface area contributed by atoms with Crippen molar-refractivity contribution in [3.05, 3.63) is 59.8 Å². The van der Waals surface area contributed by atoms with Gasteiger partial charge in [0.2, 0.25) is 0 Å². The highest BCUT2D eigenvalue weighted by atomic mass is 28.3. The molecule has 25 heavy (non-hydrogen) atoms. The minimum absolute atomic E-state index is 0.0991. The molecule has 0 aliphatic carbocycles. The quantitative estimate of drug-likeness (QED) is 0.514. The molecule has 1 nitrogen and oxygen atoms in total. The van der Waals surface area contributed by atoms with E-state index in [9.17, 15) is 0 Å². The van der Waals surface area contributed by atoms with Gasteiger partial charge in [0.15, 0.2) is 0 Å². The average molecular weight is 348 g/mol. The van der Waals surface area contributed by atoms with Gasteiger partial charge in [-0.3, -0.25) is 4.98 Å². The molecule has 0 atom stereocenters. The van der Waals surface area contributed by atoms with Gasteiger partial charge in [0, 0.05) is 11.8 Å². The molecule has 3 rings (SSSR count). The summed E-state index contributed by atoms with van der Waals surface area (Å²) in [5.41, 5.74) is 5.13. The summed E-state index contributed by atoms with van der Waals surface area (Å²) in [7, 11) is -1.39. The molecule has 0 saturated carbocycles. The van der Waals surface area contributed by atoms with Crippen molar-refractivity contribution in [3.8, 4) is 11.3 Å². The number of benzene rings is 2. The fourth-order valence-corrected chi connectivity index (χ4v) is 5.39. The topological polar surface area (TPSA) is 12.9 Å². The van der Waals surface area contributed by atoms with Crippen LogP contribution in [0, 0.1) is 6.92 Å². The van der Waals surface area contributed by atoms with Crippen molar-refractivity contribution in [2.24, 2.45) is 0 Å². The fraction of sp³-hybridized carbons (Fsp3) is 0.348. The van der Waals surface area contributed by atoms with Gasteiger partial charge in [0.1, 0.15) is 0 Å². The average Bonchev–Trinajstić information content (AvgIpc) is 2.52. The predicted octanol–water partition coefficient (Wildman–Crippen LogP) is 6.05. The van der Waals surface area contributed by atoms with E-state index in [4.69, 9.17) is 4.98 Å². The predicted molar refractivity (Wildman–Crippen MR) is 114 cm³/mol. The van der Waals surface area contributed by atoms with Gasteiger partial charge in [-0.25, -0.2) is 0 Å². The summed E-state index contributed by atoms with van der Waals surface area (Å²) in [6, 6.07) is 15.7. The molecular weight excluding hydrogens is 318 g/mol. The second-order valence-corrected chi connectivity index (χ2v) is 14.2. The molecule has 0 N–H and O–H groups in total. The van der Waals surface area contributed by atoms with Crippen molar-refractivity contribution in [2.45, 2.75) is 52.8 Å². The smallest absolute Gasteiger partial charge is 0.0781 e. The molecule has 0 unspecified atom stereocenters. The monoisotopic (exact) mass is 347 g/mol. The Bertz CT molecular complexity index is 927. The minimum atomic E-state index is -1.39. The first kappa shape index (κ1) is 17.9. The van der Waals surface area contributed by atoms with E-state index in [1.54, 1.807) is 0 Å². The maximum absolute atomic E-state index is 4.77. The molecule has 3 aromatic rings. The molecule has 0 aliphatic heterocycles. The molecule has 2 heteroatoms. The number of nitrogens with zero attached hydrogens (tertiary/aromatic N) is 1. The van der Waals surface area contributed by atoms with Crippen LogP contribution in [0.4, 0.5) is 0 Å². The van der Waals surface area contributed by atoms with E-state index < -0.39 is 8.07 Å². The Morgan fingerprint density at radius 2 is 1.60 bits per heavy atom. The number of pyridine rings is 1. The zero-order chi connectivity index (χ0) is 18.4. The standard InChI is InChI=1S/C23H29NSi/c1-16-15-24-21(14-22(16)25(5,6)7)18-12-17-10-8-9-11-19(17)20(13-18)23(2,3)4/h8-15H,1-7H3. The highest BCUT2D eigenvalue weighted by Crippen LogP contribution is 2.34. The molecule has 0 aliphatic rings. The van der Waals surface area contributed by atoms with Crippen molar-refractivity contribution < 1.29 is 0 Å². The van der Waals surface area contributed by atoms with E-state index in [-0.39, 0.29) is 5.41 Å². The second-order valence-electron chi connectivity index (χ2n) is 9.13. The molecule has 1 heterocycles. The van der Waals surface area contributed by atoms with E-state index in [2.05, 4.69) is 96.0 Å². The normalized spacial score (nSPS) is 12.6. The molecule has 2 aromatic carbocycles. The summed E-state index contributed by atoms with van der Waals surface area (Å²) in [5.74, 6) is 0. The summed E-state index contributed by atoms with van der Waals surface area (Å²) in [6.07, 6.45) is 2.05. The second kappa shape index (κ2) is 6.10. The van der Waals surface area contributed by atoms with E-state index in [1.807, 2.05) is 0 Å². The molecule has 130 valence electrons. The number of rotatable bonds is 2.